The molecule has 0 spiro atoms. The molecule has 0 saturated carbocycles. The smallest absolute Gasteiger partial charge is 0.0446 e. The summed E-state index contributed by atoms with van der Waals surface area (Å²) in [5.74, 6) is 0. The summed E-state index contributed by atoms with van der Waals surface area (Å²) in [5.41, 5.74) is 2.92. The van der Waals surface area contributed by atoms with Crippen LogP contribution in [0.4, 0.5) is 0 Å². The van der Waals surface area contributed by atoms with Crippen molar-refractivity contribution >= 4 is 11.8 Å². The first kappa shape index (κ1) is 14.7. The second-order valence-electron chi connectivity index (χ2n) is 5.81. The fourth-order valence-corrected chi connectivity index (χ4v) is 4.34. The van der Waals surface area contributed by atoms with Crippen molar-refractivity contribution in [3.05, 3.63) is 53.9 Å². The monoisotopic (exact) mass is 300 g/mol. The molecular formula is C18H24N2S. The van der Waals surface area contributed by atoms with Crippen LogP contribution in [0.2, 0.25) is 0 Å². The van der Waals surface area contributed by atoms with Crippen LogP contribution in [-0.2, 0) is 13.0 Å². The minimum atomic E-state index is 0.425. The van der Waals surface area contributed by atoms with E-state index in [0.29, 0.717) is 11.3 Å². The van der Waals surface area contributed by atoms with Gasteiger partial charge < -0.3 is 9.88 Å². The molecular weight excluding hydrogens is 276 g/mol. The SMILES string of the molecule is CCCNC(C)c1cccn1CC1Cc2ccccc2S1. The van der Waals surface area contributed by atoms with Crippen LogP contribution in [0.3, 0.4) is 0 Å². The molecule has 1 aliphatic heterocycles. The topological polar surface area (TPSA) is 17.0 Å². The Hall–Kier alpha value is -1.19. The van der Waals surface area contributed by atoms with E-state index in [1.54, 1.807) is 0 Å². The average molecular weight is 300 g/mol. The van der Waals surface area contributed by atoms with E-state index in [9.17, 15) is 0 Å². The number of hydrogen-bond donors (Lipinski definition) is 1. The van der Waals surface area contributed by atoms with Crippen LogP contribution in [0.1, 0.15) is 37.6 Å². The zero-order valence-electron chi connectivity index (χ0n) is 12.9. The lowest BCUT2D eigenvalue weighted by Gasteiger charge is -2.19. The van der Waals surface area contributed by atoms with E-state index in [1.807, 2.05) is 11.8 Å². The van der Waals surface area contributed by atoms with Gasteiger partial charge in [0.25, 0.3) is 0 Å². The lowest BCUT2D eigenvalue weighted by molar-refractivity contribution is 0.520. The van der Waals surface area contributed by atoms with Crippen LogP contribution >= 0.6 is 11.8 Å². The standard InChI is InChI=1S/C18H24N2S/c1-3-10-19-14(2)17-8-6-11-20(17)13-16-12-15-7-4-5-9-18(15)21-16/h4-9,11,14,16,19H,3,10,12-13H2,1-2H3. The molecule has 1 aromatic carbocycles. The van der Waals surface area contributed by atoms with Crippen molar-refractivity contribution in [2.24, 2.45) is 0 Å². The van der Waals surface area contributed by atoms with Crippen LogP contribution in [0.5, 0.6) is 0 Å². The molecule has 2 heterocycles. The number of hydrogen-bond acceptors (Lipinski definition) is 2. The largest absolute Gasteiger partial charge is 0.349 e. The Morgan fingerprint density at radius 1 is 1.29 bits per heavy atom. The highest BCUT2D eigenvalue weighted by Crippen LogP contribution is 2.37. The summed E-state index contributed by atoms with van der Waals surface area (Å²) >= 11 is 2.03. The lowest BCUT2D eigenvalue weighted by Crippen LogP contribution is -2.23. The number of aromatic nitrogens is 1. The summed E-state index contributed by atoms with van der Waals surface area (Å²) in [6.07, 6.45) is 4.59. The van der Waals surface area contributed by atoms with Gasteiger partial charge in [0.2, 0.25) is 0 Å². The molecule has 2 nitrogen and oxygen atoms in total. The third kappa shape index (κ3) is 3.35. The molecule has 0 fully saturated rings. The van der Waals surface area contributed by atoms with Crippen molar-refractivity contribution in [2.45, 2.75) is 49.4 Å². The number of fused-ring (bicyclic) bond motifs is 1. The van der Waals surface area contributed by atoms with Gasteiger partial charge in [-0.05, 0) is 50.1 Å². The number of nitrogens with one attached hydrogen (secondary N) is 1. The molecule has 112 valence electrons. The van der Waals surface area contributed by atoms with E-state index in [0.717, 1.165) is 13.1 Å². The van der Waals surface area contributed by atoms with Gasteiger partial charge in [0.1, 0.15) is 0 Å². The third-order valence-corrected chi connectivity index (χ3v) is 5.42. The first-order chi connectivity index (χ1) is 10.3. The highest BCUT2D eigenvalue weighted by Gasteiger charge is 2.23. The molecule has 0 amide bonds. The average Bonchev–Trinajstić information content (AvgIpc) is 3.11. The van der Waals surface area contributed by atoms with Gasteiger partial charge in [0.05, 0.1) is 0 Å². The Labute approximate surface area is 131 Å². The summed E-state index contributed by atoms with van der Waals surface area (Å²) in [7, 11) is 0. The summed E-state index contributed by atoms with van der Waals surface area (Å²) in [6.45, 7) is 6.65. The quantitative estimate of drug-likeness (QED) is 0.858. The number of rotatable bonds is 6. The molecule has 0 bridgehead atoms. The van der Waals surface area contributed by atoms with Gasteiger partial charge in [0.15, 0.2) is 0 Å². The molecule has 2 aromatic rings. The van der Waals surface area contributed by atoms with Gasteiger partial charge in [-0.25, -0.2) is 0 Å². The molecule has 2 atom stereocenters. The maximum Gasteiger partial charge on any atom is 0.0446 e. The zero-order chi connectivity index (χ0) is 14.7. The highest BCUT2D eigenvalue weighted by atomic mass is 32.2. The van der Waals surface area contributed by atoms with E-state index in [4.69, 9.17) is 0 Å². The second-order valence-corrected chi connectivity index (χ2v) is 7.16. The minimum Gasteiger partial charge on any atom is -0.349 e. The van der Waals surface area contributed by atoms with Crippen molar-refractivity contribution in [1.29, 1.82) is 0 Å². The van der Waals surface area contributed by atoms with Crippen molar-refractivity contribution < 1.29 is 0 Å². The predicted octanol–water partition coefficient (Wildman–Crippen LogP) is 4.27. The van der Waals surface area contributed by atoms with Crippen molar-refractivity contribution in [2.75, 3.05) is 6.54 Å². The Kier molecular flexibility index (Phi) is 4.71. The molecule has 1 aromatic heterocycles. The molecule has 21 heavy (non-hydrogen) atoms. The summed E-state index contributed by atoms with van der Waals surface area (Å²) in [4.78, 5) is 1.47. The minimum absolute atomic E-state index is 0.425. The Morgan fingerprint density at radius 3 is 2.95 bits per heavy atom. The second kappa shape index (κ2) is 6.71. The summed E-state index contributed by atoms with van der Waals surface area (Å²) in [6, 6.07) is 13.7. The van der Waals surface area contributed by atoms with E-state index in [-0.39, 0.29) is 0 Å². The molecule has 1 N–H and O–H groups in total. The van der Waals surface area contributed by atoms with E-state index in [2.05, 4.69) is 66.3 Å². The summed E-state index contributed by atoms with van der Waals surface area (Å²) in [5, 5.41) is 4.25. The van der Waals surface area contributed by atoms with Crippen LogP contribution in [-0.4, -0.2) is 16.4 Å². The Balaban J connectivity index is 1.66. The van der Waals surface area contributed by atoms with Gasteiger partial charge in [-0.3, -0.25) is 0 Å². The van der Waals surface area contributed by atoms with Gasteiger partial charge in [-0.1, -0.05) is 25.1 Å². The maximum absolute atomic E-state index is 3.59. The highest BCUT2D eigenvalue weighted by molar-refractivity contribution is 8.00. The van der Waals surface area contributed by atoms with Crippen LogP contribution < -0.4 is 5.32 Å². The molecule has 3 rings (SSSR count). The first-order valence-corrected chi connectivity index (χ1v) is 8.79. The molecule has 0 saturated heterocycles. The normalized spacial score (nSPS) is 18.7. The van der Waals surface area contributed by atoms with Crippen molar-refractivity contribution in [3.8, 4) is 0 Å². The van der Waals surface area contributed by atoms with Crippen LogP contribution in [0, 0.1) is 0 Å². The molecule has 0 radical (unpaired) electrons. The van der Waals surface area contributed by atoms with Crippen molar-refractivity contribution in [1.82, 2.24) is 9.88 Å². The van der Waals surface area contributed by atoms with E-state index >= 15 is 0 Å². The van der Waals surface area contributed by atoms with E-state index in [1.165, 1.54) is 29.0 Å². The zero-order valence-corrected chi connectivity index (χ0v) is 13.7. The van der Waals surface area contributed by atoms with Gasteiger partial charge >= 0.3 is 0 Å². The number of benzene rings is 1. The fourth-order valence-electron chi connectivity index (χ4n) is 3.03. The molecule has 2 unspecified atom stereocenters. The number of thioether (sulfide) groups is 1. The van der Waals surface area contributed by atoms with Crippen molar-refractivity contribution in [3.63, 3.8) is 0 Å². The van der Waals surface area contributed by atoms with E-state index < -0.39 is 0 Å². The number of nitrogens with zero attached hydrogens (tertiary/aromatic N) is 1. The van der Waals surface area contributed by atoms with Gasteiger partial charge in [0, 0.05) is 34.6 Å². The Bertz CT molecular complexity index is 565. The van der Waals surface area contributed by atoms with Gasteiger partial charge in [-0.15, -0.1) is 11.8 Å². The van der Waals surface area contributed by atoms with Crippen LogP contribution in [0.15, 0.2) is 47.5 Å². The Morgan fingerprint density at radius 2 is 2.14 bits per heavy atom. The van der Waals surface area contributed by atoms with Crippen LogP contribution in [0.25, 0.3) is 0 Å². The first-order valence-electron chi connectivity index (χ1n) is 7.91. The fraction of sp³-hybridized carbons (Fsp3) is 0.444. The predicted molar refractivity (Wildman–Crippen MR) is 90.9 cm³/mol. The third-order valence-electron chi connectivity index (χ3n) is 4.12. The summed E-state index contributed by atoms with van der Waals surface area (Å²) < 4.78 is 2.43. The lowest BCUT2D eigenvalue weighted by atomic mass is 10.1. The maximum atomic E-state index is 3.59. The molecule has 3 heteroatoms. The van der Waals surface area contributed by atoms with Gasteiger partial charge in [-0.2, -0.15) is 0 Å². The molecule has 0 aliphatic carbocycles. The molecule has 1 aliphatic rings.